The highest BCUT2D eigenvalue weighted by molar-refractivity contribution is 6.42. The molecule has 0 bridgehead atoms. The molecule has 2 nitrogen and oxygen atoms in total. The minimum Gasteiger partial charge on any atom is -0.484 e. The smallest absolute Gasteiger partial charge is 0.170 e. The van der Waals surface area contributed by atoms with Crippen LogP contribution in [0.25, 0.3) is 0 Å². The van der Waals surface area contributed by atoms with Gasteiger partial charge in [0.15, 0.2) is 5.78 Å². The van der Waals surface area contributed by atoms with Crippen molar-refractivity contribution in [2.24, 2.45) is 0 Å². The number of aryl methyl sites for hydroxylation is 1. The van der Waals surface area contributed by atoms with E-state index in [1.807, 2.05) is 37.3 Å². The van der Waals surface area contributed by atoms with Crippen molar-refractivity contribution >= 4 is 29.0 Å². The fourth-order valence-electron chi connectivity index (χ4n) is 2.38. The van der Waals surface area contributed by atoms with Gasteiger partial charge in [-0.1, -0.05) is 47.0 Å². The lowest BCUT2D eigenvalue weighted by Gasteiger charge is -2.26. The summed E-state index contributed by atoms with van der Waals surface area (Å²) in [7, 11) is 0. The lowest BCUT2D eigenvalue weighted by molar-refractivity contribution is 0.0850. The van der Waals surface area contributed by atoms with Gasteiger partial charge in [-0.3, -0.25) is 4.79 Å². The number of hydrogen-bond acceptors (Lipinski definition) is 2. The molecule has 3 rings (SSSR count). The normalized spacial score (nSPS) is 17.6. The second-order valence-electron chi connectivity index (χ2n) is 4.88. The number of carbonyl (C=O) groups is 1. The van der Waals surface area contributed by atoms with Crippen molar-refractivity contribution in [1.29, 1.82) is 0 Å². The van der Waals surface area contributed by atoms with Gasteiger partial charge >= 0.3 is 0 Å². The molecule has 0 saturated carbocycles. The third kappa shape index (κ3) is 2.30. The molecule has 4 heteroatoms. The van der Waals surface area contributed by atoms with Crippen LogP contribution < -0.4 is 4.74 Å². The highest BCUT2D eigenvalue weighted by Gasteiger charge is 2.29. The largest absolute Gasteiger partial charge is 0.484 e. The Morgan fingerprint density at radius 2 is 2.00 bits per heavy atom. The van der Waals surface area contributed by atoms with Gasteiger partial charge in [-0.05, 0) is 25.1 Å². The lowest BCUT2D eigenvalue weighted by atomic mass is 9.95. The fourth-order valence-corrected chi connectivity index (χ4v) is 2.81. The zero-order valence-electron chi connectivity index (χ0n) is 10.8. The lowest BCUT2D eigenvalue weighted by Crippen LogP contribution is -2.20. The third-order valence-corrected chi connectivity index (χ3v) is 4.24. The molecule has 0 fully saturated rings. The molecule has 0 amide bonds. The van der Waals surface area contributed by atoms with Gasteiger partial charge in [0.2, 0.25) is 0 Å². The summed E-state index contributed by atoms with van der Waals surface area (Å²) < 4.78 is 5.92. The Morgan fingerprint density at radius 3 is 2.80 bits per heavy atom. The summed E-state index contributed by atoms with van der Waals surface area (Å²) in [5, 5.41) is 0.914. The number of ether oxygens (including phenoxy) is 1. The van der Waals surface area contributed by atoms with Crippen LogP contribution in [0.5, 0.6) is 5.75 Å². The maximum absolute atomic E-state index is 12.3. The molecule has 1 heterocycles. The van der Waals surface area contributed by atoms with Crippen molar-refractivity contribution < 1.29 is 9.53 Å². The first-order valence-electron chi connectivity index (χ1n) is 6.30. The van der Waals surface area contributed by atoms with E-state index >= 15 is 0 Å². The van der Waals surface area contributed by atoms with E-state index in [2.05, 4.69) is 0 Å². The van der Waals surface area contributed by atoms with E-state index in [0.717, 1.165) is 11.1 Å². The molecular formula is C16H12Cl2O2. The second kappa shape index (κ2) is 5.12. The number of benzene rings is 2. The van der Waals surface area contributed by atoms with E-state index in [4.69, 9.17) is 27.9 Å². The van der Waals surface area contributed by atoms with Crippen molar-refractivity contribution in [3.63, 3.8) is 0 Å². The summed E-state index contributed by atoms with van der Waals surface area (Å²) in [5.74, 6) is 0.670. The van der Waals surface area contributed by atoms with Crippen LogP contribution in [0.1, 0.15) is 34.0 Å². The molecule has 0 spiro atoms. The Labute approximate surface area is 127 Å². The van der Waals surface area contributed by atoms with Gasteiger partial charge in [-0.2, -0.15) is 0 Å². The Kier molecular flexibility index (Phi) is 3.45. The molecule has 0 aromatic heterocycles. The number of fused-ring (bicyclic) bond motifs is 1. The van der Waals surface area contributed by atoms with Crippen molar-refractivity contribution in [1.82, 2.24) is 0 Å². The molecular weight excluding hydrogens is 295 g/mol. The molecule has 1 aliphatic heterocycles. The molecule has 0 N–H and O–H groups in total. The monoisotopic (exact) mass is 306 g/mol. The average Bonchev–Trinajstić information content (AvgIpc) is 2.42. The quantitative estimate of drug-likeness (QED) is 0.740. The summed E-state index contributed by atoms with van der Waals surface area (Å²) in [4.78, 5) is 12.3. The van der Waals surface area contributed by atoms with Crippen LogP contribution in [-0.4, -0.2) is 5.78 Å². The van der Waals surface area contributed by atoms with E-state index in [-0.39, 0.29) is 18.3 Å². The SMILES string of the molecule is Cc1ccc2c(c1)C(=O)CC(c1cccc(Cl)c1Cl)O2. The van der Waals surface area contributed by atoms with Gasteiger partial charge in [0, 0.05) is 5.56 Å². The summed E-state index contributed by atoms with van der Waals surface area (Å²) >= 11 is 12.2. The Hall–Kier alpha value is -1.51. The average molecular weight is 307 g/mol. The predicted octanol–water partition coefficient (Wildman–Crippen LogP) is 5.01. The van der Waals surface area contributed by atoms with Crippen LogP contribution in [0.3, 0.4) is 0 Å². The van der Waals surface area contributed by atoms with Crippen LogP contribution in [0.15, 0.2) is 36.4 Å². The number of hydrogen-bond donors (Lipinski definition) is 0. The summed E-state index contributed by atoms with van der Waals surface area (Å²) in [5.41, 5.74) is 2.43. The number of halogens is 2. The first kappa shape index (κ1) is 13.5. The molecule has 2 aromatic carbocycles. The second-order valence-corrected chi connectivity index (χ2v) is 5.66. The van der Waals surface area contributed by atoms with E-state index < -0.39 is 0 Å². The highest BCUT2D eigenvalue weighted by Crippen LogP contribution is 2.39. The molecule has 1 atom stereocenters. The van der Waals surface area contributed by atoms with Crippen LogP contribution >= 0.6 is 23.2 Å². The minimum absolute atomic E-state index is 0.0657. The molecule has 1 unspecified atom stereocenters. The zero-order valence-corrected chi connectivity index (χ0v) is 12.3. The molecule has 1 aliphatic rings. The van der Waals surface area contributed by atoms with E-state index in [1.165, 1.54) is 0 Å². The number of carbonyl (C=O) groups excluding carboxylic acids is 1. The Bertz CT molecular complexity index is 695. The van der Waals surface area contributed by atoms with Gasteiger partial charge in [-0.15, -0.1) is 0 Å². The van der Waals surface area contributed by atoms with Gasteiger partial charge in [0.05, 0.1) is 22.0 Å². The summed E-state index contributed by atoms with van der Waals surface area (Å²) in [6, 6.07) is 11.0. The predicted molar refractivity (Wildman–Crippen MR) is 80.0 cm³/mol. The minimum atomic E-state index is -0.385. The van der Waals surface area contributed by atoms with Crippen molar-refractivity contribution in [3.05, 3.63) is 63.1 Å². The van der Waals surface area contributed by atoms with Crippen molar-refractivity contribution in [2.45, 2.75) is 19.4 Å². The number of ketones is 1. The summed E-state index contributed by atoms with van der Waals surface area (Å²) in [6.45, 7) is 1.95. The zero-order chi connectivity index (χ0) is 14.3. The van der Waals surface area contributed by atoms with E-state index in [0.29, 0.717) is 21.4 Å². The number of rotatable bonds is 1. The number of Topliss-reactive ketones (excluding diaryl/α,β-unsaturated/α-hetero) is 1. The third-order valence-electron chi connectivity index (χ3n) is 3.40. The summed E-state index contributed by atoms with van der Waals surface area (Å²) in [6.07, 6.45) is -0.111. The first-order valence-corrected chi connectivity index (χ1v) is 7.06. The Balaban J connectivity index is 2.01. The van der Waals surface area contributed by atoms with Crippen LogP contribution in [0, 0.1) is 6.92 Å². The fraction of sp³-hybridized carbons (Fsp3) is 0.188. The maximum Gasteiger partial charge on any atom is 0.170 e. The van der Waals surface area contributed by atoms with Crippen molar-refractivity contribution in [3.8, 4) is 5.75 Å². The highest BCUT2D eigenvalue weighted by atomic mass is 35.5. The molecule has 0 saturated heterocycles. The van der Waals surface area contributed by atoms with E-state index in [1.54, 1.807) is 6.07 Å². The molecule has 0 aliphatic carbocycles. The first-order chi connectivity index (χ1) is 9.56. The molecule has 102 valence electrons. The van der Waals surface area contributed by atoms with E-state index in [9.17, 15) is 4.79 Å². The molecule has 20 heavy (non-hydrogen) atoms. The standard InChI is InChI=1S/C16H12Cl2O2/c1-9-5-6-14-11(7-9)13(19)8-15(20-14)10-3-2-4-12(17)16(10)18/h2-7,15H,8H2,1H3. The Morgan fingerprint density at radius 1 is 1.20 bits per heavy atom. The van der Waals surface area contributed by atoms with Gasteiger partial charge in [0.1, 0.15) is 11.9 Å². The topological polar surface area (TPSA) is 26.3 Å². The van der Waals surface area contributed by atoms with Gasteiger partial charge < -0.3 is 4.74 Å². The van der Waals surface area contributed by atoms with Crippen LogP contribution in [-0.2, 0) is 0 Å². The van der Waals surface area contributed by atoms with Crippen LogP contribution in [0.2, 0.25) is 10.0 Å². The maximum atomic E-state index is 12.3. The molecule has 0 radical (unpaired) electrons. The molecule has 2 aromatic rings. The van der Waals surface area contributed by atoms with Crippen LogP contribution in [0.4, 0.5) is 0 Å². The van der Waals surface area contributed by atoms with Gasteiger partial charge in [0.25, 0.3) is 0 Å². The van der Waals surface area contributed by atoms with Gasteiger partial charge in [-0.25, -0.2) is 0 Å². The van der Waals surface area contributed by atoms with Crippen molar-refractivity contribution in [2.75, 3.05) is 0 Å².